The molecule has 0 unspecified atom stereocenters. The molecule has 0 fully saturated rings. The number of amides is 1. The first-order chi connectivity index (χ1) is 10.5. The molecule has 0 aliphatic heterocycles. The second-order valence-electron chi connectivity index (χ2n) is 4.81. The highest BCUT2D eigenvalue weighted by atomic mass is 35.5. The van der Waals surface area contributed by atoms with Gasteiger partial charge in [-0.1, -0.05) is 41.4 Å². The summed E-state index contributed by atoms with van der Waals surface area (Å²) in [4.78, 5) is 11.9. The van der Waals surface area contributed by atoms with Crippen molar-refractivity contribution in [2.45, 2.75) is 12.8 Å². The van der Waals surface area contributed by atoms with Crippen LogP contribution < -0.4 is 5.32 Å². The number of phenolic OH excluding ortho intramolecular Hbond substituents is 2. The van der Waals surface area contributed by atoms with E-state index in [2.05, 4.69) is 5.32 Å². The van der Waals surface area contributed by atoms with Gasteiger partial charge >= 0.3 is 0 Å². The predicted octanol–water partition coefficient (Wildman–Crippen LogP) is 3.31. The van der Waals surface area contributed by atoms with E-state index >= 15 is 0 Å². The molecular formula is C16H15Cl2NO3. The third-order valence-electron chi connectivity index (χ3n) is 3.16. The molecule has 0 saturated heterocycles. The van der Waals surface area contributed by atoms with Crippen molar-refractivity contribution in [3.8, 4) is 11.5 Å². The monoisotopic (exact) mass is 339 g/mol. The van der Waals surface area contributed by atoms with Crippen molar-refractivity contribution >= 4 is 29.1 Å². The van der Waals surface area contributed by atoms with Crippen molar-refractivity contribution in [1.29, 1.82) is 0 Å². The summed E-state index contributed by atoms with van der Waals surface area (Å²) in [6.45, 7) is 0.418. The maximum atomic E-state index is 11.9. The number of aromatic hydroxyl groups is 2. The molecule has 6 heteroatoms. The number of phenols is 2. The molecule has 2 aromatic carbocycles. The first kappa shape index (κ1) is 16.5. The van der Waals surface area contributed by atoms with Gasteiger partial charge in [-0.25, -0.2) is 0 Å². The summed E-state index contributed by atoms with van der Waals surface area (Å²) in [6, 6.07) is 9.74. The van der Waals surface area contributed by atoms with Gasteiger partial charge in [-0.3, -0.25) is 4.79 Å². The van der Waals surface area contributed by atoms with E-state index in [0.717, 1.165) is 5.56 Å². The fourth-order valence-corrected chi connectivity index (χ4v) is 2.38. The number of benzene rings is 2. The fraction of sp³-hybridized carbons (Fsp3) is 0.188. The molecule has 0 heterocycles. The largest absolute Gasteiger partial charge is 0.504 e. The van der Waals surface area contributed by atoms with E-state index in [-0.39, 0.29) is 23.8 Å². The van der Waals surface area contributed by atoms with E-state index in [1.807, 2.05) is 0 Å². The van der Waals surface area contributed by atoms with Crippen LogP contribution in [0.3, 0.4) is 0 Å². The predicted molar refractivity (Wildman–Crippen MR) is 86.7 cm³/mol. The summed E-state index contributed by atoms with van der Waals surface area (Å²) in [5.41, 5.74) is 1.49. The number of halogens is 2. The van der Waals surface area contributed by atoms with Crippen LogP contribution in [0.1, 0.15) is 11.1 Å². The van der Waals surface area contributed by atoms with Crippen LogP contribution in [0.4, 0.5) is 0 Å². The fourth-order valence-electron chi connectivity index (χ4n) is 1.99. The summed E-state index contributed by atoms with van der Waals surface area (Å²) >= 11 is 11.9. The molecule has 116 valence electrons. The first-order valence-electron chi connectivity index (χ1n) is 6.68. The molecule has 0 bridgehead atoms. The molecule has 0 aliphatic carbocycles. The first-order valence-corrected chi connectivity index (χ1v) is 7.43. The average molecular weight is 340 g/mol. The summed E-state index contributed by atoms with van der Waals surface area (Å²) in [5, 5.41) is 22.2. The second-order valence-corrected chi connectivity index (χ2v) is 5.60. The van der Waals surface area contributed by atoms with Crippen molar-refractivity contribution in [1.82, 2.24) is 5.32 Å². The van der Waals surface area contributed by atoms with Gasteiger partial charge in [0.05, 0.1) is 16.5 Å². The van der Waals surface area contributed by atoms with Crippen LogP contribution in [0.2, 0.25) is 10.0 Å². The van der Waals surface area contributed by atoms with Crippen molar-refractivity contribution < 1.29 is 15.0 Å². The molecular weight excluding hydrogens is 325 g/mol. The molecule has 0 aliphatic rings. The number of carbonyl (C=O) groups is 1. The number of rotatable bonds is 5. The Kier molecular flexibility index (Phi) is 5.52. The van der Waals surface area contributed by atoms with Crippen LogP contribution in [0, 0.1) is 0 Å². The average Bonchev–Trinajstić information content (AvgIpc) is 2.48. The Morgan fingerprint density at radius 2 is 1.86 bits per heavy atom. The summed E-state index contributed by atoms with van der Waals surface area (Å²) in [7, 11) is 0. The topological polar surface area (TPSA) is 69.6 Å². The standard InChI is InChI=1S/C16H15Cl2NO3/c17-12-3-1-2-11(16(12)18)9-15(22)19-7-6-10-4-5-13(20)14(21)8-10/h1-5,8,20-21H,6-7,9H2,(H,19,22). The quantitative estimate of drug-likeness (QED) is 0.732. The van der Waals surface area contributed by atoms with Crippen molar-refractivity contribution in [3.63, 3.8) is 0 Å². The molecule has 0 radical (unpaired) electrons. The maximum Gasteiger partial charge on any atom is 0.224 e. The lowest BCUT2D eigenvalue weighted by molar-refractivity contribution is -0.120. The van der Waals surface area contributed by atoms with Gasteiger partial charge in [-0.15, -0.1) is 0 Å². The van der Waals surface area contributed by atoms with E-state index in [1.54, 1.807) is 24.3 Å². The molecule has 0 atom stereocenters. The van der Waals surface area contributed by atoms with Gasteiger partial charge in [-0.2, -0.15) is 0 Å². The van der Waals surface area contributed by atoms with Gasteiger partial charge in [0.25, 0.3) is 0 Å². The Morgan fingerprint density at radius 1 is 1.09 bits per heavy atom. The third kappa shape index (κ3) is 4.29. The van der Waals surface area contributed by atoms with Crippen LogP contribution in [0.15, 0.2) is 36.4 Å². The van der Waals surface area contributed by atoms with Crippen LogP contribution in [-0.2, 0) is 17.6 Å². The minimum Gasteiger partial charge on any atom is -0.504 e. The number of carbonyl (C=O) groups excluding carboxylic acids is 1. The van der Waals surface area contributed by atoms with E-state index < -0.39 is 0 Å². The van der Waals surface area contributed by atoms with E-state index in [0.29, 0.717) is 28.6 Å². The van der Waals surface area contributed by atoms with Crippen molar-refractivity contribution in [2.75, 3.05) is 6.54 Å². The van der Waals surface area contributed by atoms with Gasteiger partial charge in [0.1, 0.15) is 0 Å². The normalized spacial score (nSPS) is 10.5. The minimum absolute atomic E-state index is 0.153. The molecule has 4 nitrogen and oxygen atoms in total. The molecule has 22 heavy (non-hydrogen) atoms. The molecule has 0 saturated carbocycles. The smallest absolute Gasteiger partial charge is 0.224 e. The molecule has 3 N–H and O–H groups in total. The Balaban J connectivity index is 1.85. The number of hydrogen-bond donors (Lipinski definition) is 3. The SMILES string of the molecule is O=C(Cc1cccc(Cl)c1Cl)NCCc1ccc(O)c(O)c1. The van der Waals surface area contributed by atoms with Crippen LogP contribution in [0.5, 0.6) is 11.5 Å². The molecule has 2 rings (SSSR count). The lowest BCUT2D eigenvalue weighted by atomic mass is 10.1. The van der Waals surface area contributed by atoms with Crippen molar-refractivity contribution in [3.05, 3.63) is 57.6 Å². The molecule has 2 aromatic rings. The van der Waals surface area contributed by atoms with E-state index in [4.69, 9.17) is 23.2 Å². The van der Waals surface area contributed by atoms with Crippen molar-refractivity contribution in [2.24, 2.45) is 0 Å². The Morgan fingerprint density at radius 3 is 2.59 bits per heavy atom. The second kappa shape index (κ2) is 7.38. The van der Waals surface area contributed by atoms with E-state index in [1.165, 1.54) is 12.1 Å². The lowest BCUT2D eigenvalue weighted by Gasteiger charge is -2.08. The highest BCUT2D eigenvalue weighted by Crippen LogP contribution is 2.26. The Bertz CT molecular complexity index is 689. The van der Waals surface area contributed by atoms with Gasteiger partial charge in [0.2, 0.25) is 5.91 Å². The highest BCUT2D eigenvalue weighted by Gasteiger charge is 2.09. The third-order valence-corrected chi connectivity index (χ3v) is 4.02. The lowest BCUT2D eigenvalue weighted by Crippen LogP contribution is -2.27. The Labute approximate surface area is 138 Å². The molecule has 0 spiro atoms. The zero-order valence-corrected chi connectivity index (χ0v) is 13.2. The summed E-state index contributed by atoms with van der Waals surface area (Å²) < 4.78 is 0. The molecule has 1 amide bonds. The maximum absolute atomic E-state index is 11.9. The zero-order valence-electron chi connectivity index (χ0n) is 11.6. The minimum atomic E-state index is -0.172. The summed E-state index contributed by atoms with van der Waals surface area (Å²) in [5.74, 6) is -0.495. The van der Waals surface area contributed by atoms with Crippen LogP contribution in [-0.4, -0.2) is 22.7 Å². The van der Waals surface area contributed by atoms with E-state index in [9.17, 15) is 15.0 Å². The Hall–Kier alpha value is -1.91. The highest BCUT2D eigenvalue weighted by molar-refractivity contribution is 6.42. The number of nitrogens with one attached hydrogen (secondary N) is 1. The number of hydrogen-bond acceptors (Lipinski definition) is 3. The van der Waals surface area contributed by atoms with Gasteiger partial charge < -0.3 is 15.5 Å². The van der Waals surface area contributed by atoms with Crippen LogP contribution in [0.25, 0.3) is 0 Å². The van der Waals surface area contributed by atoms with Gasteiger partial charge in [-0.05, 0) is 35.7 Å². The van der Waals surface area contributed by atoms with Gasteiger partial charge in [0.15, 0.2) is 11.5 Å². The molecule has 0 aromatic heterocycles. The summed E-state index contributed by atoms with van der Waals surface area (Å²) in [6.07, 6.45) is 0.697. The zero-order chi connectivity index (χ0) is 16.1. The van der Waals surface area contributed by atoms with Gasteiger partial charge in [0, 0.05) is 6.54 Å². The van der Waals surface area contributed by atoms with Crippen LogP contribution >= 0.6 is 23.2 Å².